The molecule has 0 radical (unpaired) electrons. The number of halogens is 3. The SMILES string of the molecule is O=C(O)c1cc(-c2ccc(C34CCNC(C3)C4)cc2)c2ccc(-c3ccc(C(F)(F)F)cc3)cc2c1. The number of piperidine rings is 2. The molecule has 0 atom stereocenters. The van der Waals surface area contributed by atoms with Gasteiger partial charge in [0.05, 0.1) is 11.1 Å². The van der Waals surface area contributed by atoms with Crippen molar-refractivity contribution in [1.29, 1.82) is 0 Å². The molecule has 1 saturated carbocycles. The predicted octanol–water partition coefficient (Wildman–Crippen LogP) is 7.28. The molecule has 4 aromatic carbocycles. The van der Waals surface area contributed by atoms with Crippen molar-refractivity contribution in [1.82, 2.24) is 5.32 Å². The van der Waals surface area contributed by atoms with Gasteiger partial charge in [0.25, 0.3) is 0 Å². The van der Waals surface area contributed by atoms with E-state index in [-0.39, 0.29) is 11.0 Å². The number of carbonyl (C=O) groups is 1. The van der Waals surface area contributed by atoms with E-state index in [1.165, 1.54) is 17.7 Å². The number of aromatic carboxylic acids is 1. The molecule has 182 valence electrons. The number of nitrogens with one attached hydrogen (secondary N) is 1. The van der Waals surface area contributed by atoms with E-state index in [2.05, 4.69) is 29.6 Å². The van der Waals surface area contributed by atoms with Crippen LogP contribution in [0.4, 0.5) is 13.2 Å². The van der Waals surface area contributed by atoms with Crippen molar-refractivity contribution < 1.29 is 23.1 Å². The Labute approximate surface area is 206 Å². The summed E-state index contributed by atoms with van der Waals surface area (Å²) in [5, 5.41) is 14.9. The maximum absolute atomic E-state index is 13.0. The Balaban J connectivity index is 1.39. The molecule has 3 fully saturated rings. The molecule has 6 heteroatoms. The van der Waals surface area contributed by atoms with Crippen LogP contribution in [0.2, 0.25) is 0 Å². The summed E-state index contributed by atoms with van der Waals surface area (Å²) < 4.78 is 38.9. The minimum atomic E-state index is -4.39. The van der Waals surface area contributed by atoms with Gasteiger partial charge in [0, 0.05) is 6.04 Å². The zero-order chi connectivity index (χ0) is 25.1. The summed E-state index contributed by atoms with van der Waals surface area (Å²) in [6.45, 7) is 1.04. The van der Waals surface area contributed by atoms with E-state index in [0.717, 1.165) is 65.4 Å². The topological polar surface area (TPSA) is 49.3 Å². The lowest BCUT2D eigenvalue weighted by Gasteiger charge is -2.53. The second-order valence-electron chi connectivity index (χ2n) is 10.0. The van der Waals surface area contributed by atoms with Crippen molar-refractivity contribution in [2.24, 2.45) is 0 Å². The first-order valence-electron chi connectivity index (χ1n) is 12.0. The summed E-state index contributed by atoms with van der Waals surface area (Å²) in [6, 6.07) is 23.0. The van der Waals surface area contributed by atoms with Gasteiger partial charge in [-0.1, -0.05) is 48.5 Å². The largest absolute Gasteiger partial charge is 0.478 e. The Bertz CT molecular complexity index is 1460. The quantitative estimate of drug-likeness (QED) is 0.318. The monoisotopic (exact) mass is 487 g/mol. The molecule has 0 amide bonds. The summed E-state index contributed by atoms with van der Waals surface area (Å²) in [6.07, 6.45) is -0.934. The van der Waals surface area contributed by atoms with Crippen LogP contribution < -0.4 is 5.32 Å². The number of carboxylic acid groups (broad SMARTS) is 1. The van der Waals surface area contributed by atoms with Crippen molar-refractivity contribution in [2.75, 3.05) is 6.54 Å². The van der Waals surface area contributed by atoms with E-state index < -0.39 is 17.7 Å². The first-order chi connectivity index (χ1) is 17.2. The summed E-state index contributed by atoms with van der Waals surface area (Å²) >= 11 is 0. The molecule has 2 aliphatic heterocycles. The maximum Gasteiger partial charge on any atom is 0.416 e. The number of carboxylic acids is 1. The molecular weight excluding hydrogens is 463 g/mol. The van der Waals surface area contributed by atoms with Crippen LogP contribution >= 0.6 is 0 Å². The van der Waals surface area contributed by atoms with Gasteiger partial charge in [0.15, 0.2) is 0 Å². The van der Waals surface area contributed by atoms with Crippen molar-refractivity contribution >= 4 is 16.7 Å². The van der Waals surface area contributed by atoms with Gasteiger partial charge in [0.1, 0.15) is 0 Å². The Morgan fingerprint density at radius 2 is 1.53 bits per heavy atom. The van der Waals surface area contributed by atoms with Crippen molar-refractivity contribution in [3.05, 3.63) is 95.6 Å². The van der Waals surface area contributed by atoms with E-state index in [9.17, 15) is 23.1 Å². The van der Waals surface area contributed by atoms with Gasteiger partial charge in [-0.25, -0.2) is 4.79 Å². The highest BCUT2D eigenvalue weighted by molar-refractivity contribution is 6.04. The Morgan fingerprint density at radius 3 is 2.14 bits per heavy atom. The summed E-state index contributed by atoms with van der Waals surface area (Å²) in [5.41, 5.74) is 4.20. The van der Waals surface area contributed by atoms with Crippen LogP contribution in [0.3, 0.4) is 0 Å². The Morgan fingerprint density at radius 1 is 0.861 bits per heavy atom. The fourth-order valence-electron chi connectivity index (χ4n) is 5.89. The zero-order valence-electron chi connectivity index (χ0n) is 19.4. The lowest BCUT2D eigenvalue weighted by Crippen LogP contribution is -2.58. The first-order valence-corrected chi connectivity index (χ1v) is 12.0. The van der Waals surface area contributed by atoms with Crippen LogP contribution in [0.15, 0.2) is 78.9 Å². The summed E-state index contributed by atoms with van der Waals surface area (Å²) in [7, 11) is 0. The summed E-state index contributed by atoms with van der Waals surface area (Å²) in [5.74, 6) is -1.02. The van der Waals surface area contributed by atoms with Gasteiger partial charge in [-0.15, -0.1) is 0 Å². The van der Waals surface area contributed by atoms with E-state index in [4.69, 9.17) is 0 Å². The van der Waals surface area contributed by atoms with E-state index >= 15 is 0 Å². The second-order valence-corrected chi connectivity index (χ2v) is 10.0. The molecule has 0 aromatic heterocycles. The van der Waals surface area contributed by atoms with Crippen LogP contribution in [0.25, 0.3) is 33.0 Å². The molecule has 7 rings (SSSR count). The molecular formula is C30H24F3NO2. The third-order valence-corrected chi connectivity index (χ3v) is 7.86. The number of hydrogen-bond acceptors (Lipinski definition) is 2. The fourth-order valence-corrected chi connectivity index (χ4v) is 5.89. The third kappa shape index (κ3) is 3.86. The highest BCUT2D eigenvalue weighted by Gasteiger charge is 2.47. The van der Waals surface area contributed by atoms with Gasteiger partial charge < -0.3 is 10.4 Å². The van der Waals surface area contributed by atoms with Crippen LogP contribution in [-0.2, 0) is 11.6 Å². The normalized spacial score (nSPS) is 21.2. The van der Waals surface area contributed by atoms with Crippen LogP contribution in [-0.4, -0.2) is 23.7 Å². The highest BCUT2D eigenvalue weighted by Crippen LogP contribution is 2.49. The standard InChI is InChI=1S/C30H24F3NO2/c31-30(32,33)24-8-1-18(2-9-24)20-5-10-26-21(13-20)14-22(28(35)36)15-27(26)19-3-6-23(7-4-19)29-11-12-34-25(16-29)17-29/h1-10,13-15,25,34H,11-12,16-17H2,(H,35,36). The van der Waals surface area contributed by atoms with Crippen molar-refractivity contribution in [2.45, 2.75) is 36.9 Å². The van der Waals surface area contributed by atoms with Gasteiger partial charge in [-0.3, -0.25) is 0 Å². The minimum absolute atomic E-state index is 0.171. The number of benzene rings is 4. The van der Waals surface area contributed by atoms with Gasteiger partial charge in [0.2, 0.25) is 0 Å². The first kappa shape index (κ1) is 22.8. The van der Waals surface area contributed by atoms with Gasteiger partial charge in [-0.05, 0) is 100 Å². The Kier molecular flexibility index (Phi) is 5.20. The predicted molar refractivity (Wildman–Crippen MR) is 134 cm³/mol. The van der Waals surface area contributed by atoms with Crippen LogP contribution in [0.5, 0.6) is 0 Å². The summed E-state index contributed by atoms with van der Waals surface area (Å²) in [4.78, 5) is 11.9. The highest BCUT2D eigenvalue weighted by atomic mass is 19.4. The molecule has 2 bridgehead atoms. The van der Waals surface area contributed by atoms with Crippen LogP contribution in [0.1, 0.15) is 40.7 Å². The maximum atomic E-state index is 13.0. The van der Waals surface area contributed by atoms with Crippen molar-refractivity contribution in [3.8, 4) is 22.3 Å². The average Bonchev–Trinajstić information content (AvgIpc) is 2.87. The smallest absolute Gasteiger partial charge is 0.416 e. The molecule has 2 saturated heterocycles. The lowest BCUT2D eigenvalue weighted by molar-refractivity contribution is -0.137. The lowest BCUT2D eigenvalue weighted by atomic mass is 9.57. The fraction of sp³-hybridized carbons (Fsp3) is 0.233. The second kappa shape index (κ2) is 8.20. The number of hydrogen-bond donors (Lipinski definition) is 2. The van der Waals surface area contributed by atoms with Gasteiger partial charge in [-0.2, -0.15) is 13.2 Å². The molecule has 2 N–H and O–H groups in total. The van der Waals surface area contributed by atoms with E-state index in [1.54, 1.807) is 12.1 Å². The molecule has 3 nitrogen and oxygen atoms in total. The molecule has 4 aromatic rings. The Hall–Kier alpha value is -3.64. The molecule has 1 aliphatic carbocycles. The zero-order valence-corrected chi connectivity index (χ0v) is 19.4. The molecule has 0 unspecified atom stereocenters. The van der Waals surface area contributed by atoms with Gasteiger partial charge >= 0.3 is 12.1 Å². The number of fused-ring (bicyclic) bond motifs is 3. The minimum Gasteiger partial charge on any atom is -0.478 e. The average molecular weight is 488 g/mol. The van der Waals surface area contributed by atoms with E-state index in [1.807, 2.05) is 18.2 Å². The molecule has 0 spiro atoms. The number of rotatable bonds is 4. The third-order valence-electron chi connectivity index (χ3n) is 7.86. The number of alkyl halides is 3. The molecule has 3 aliphatic rings. The van der Waals surface area contributed by atoms with Crippen LogP contribution in [0, 0.1) is 0 Å². The van der Waals surface area contributed by atoms with E-state index in [0.29, 0.717) is 11.6 Å². The molecule has 2 heterocycles. The molecule has 36 heavy (non-hydrogen) atoms. The van der Waals surface area contributed by atoms with Crippen molar-refractivity contribution in [3.63, 3.8) is 0 Å².